The van der Waals surface area contributed by atoms with Crippen LogP contribution in [0, 0.1) is 5.82 Å². The van der Waals surface area contributed by atoms with Crippen molar-refractivity contribution >= 4 is 21.8 Å². The maximum absolute atomic E-state index is 13.3. The fraction of sp³-hybridized carbons (Fsp3) is 0.188. The monoisotopic (exact) mass is 349 g/mol. The zero-order valence-corrected chi connectivity index (χ0v) is 12.8. The summed E-state index contributed by atoms with van der Waals surface area (Å²) in [6, 6.07) is 12.0. The van der Waals surface area contributed by atoms with Crippen molar-refractivity contribution in [3.8, 4) is 5.75 Å². The van der Waals surface area contributed by atoms with E-state index in [1.807, 2.05) is 24.3 Å². The Balaban J connectivity index is 1.86. The second-order valence-corrected chi connectivity index (χ2v) is 5.67. The van der Waals surface area contributed by atoms with Crippen LogP contribution < -0.4 is 4.74 Å². The Hall–Kier alpha value is -1.88. The van der Waals surface area contributed by atoms with Crippen LogP contribution in [0.25, 0.3) is 0 Å². The lowest BCUT2D eigenvalue weighted by Crippen LogP contribution is -2.32. The Morgan fingerprint density at radius 3 is 2.86 bits per heavy atom. The Morgan fingerprint density at radius 1 is 1.24 bits per heavy atom. The lowest BCUT2D eigenvalue weighted by atomic mass is 10.1. The molecule has 0 fully saturated rings. The molecule has 3 nitrogen and oxygen atoms in total. The van der Waals surface area contributed by atoms with Gasteiger partial charge in [-0.05, 0) is 40.2 Å². The molecule has 0 radical (unpaired) electrons. The lowest BCUT2D eigenvalue weighted by molar-refractivity contribution is 0.0733. The van der Waals surface area contributed by atoms with Crippen LogP contribution in [0.1, 0.15) is 15.9 Å². The van der Waals surface area contributed by atoms with E-state index < -0.39 is 0 Å². The summed E-state index contributed by atoms with van der Waals surface area (Å²) in [5.74, 6) is 0.306. The fourth-order valence-electron chi connectivity index (χ4n) is 2.31. The van der Waals surface area contributed by atoms with E-state index in [1.165, 1.54) is 18.2 Å². The molecule has 0 unspecified atom stereocenters. The van der Waals surface area contributed by atoms with Crippen molar-refractivity contribution in [1.29, 1.82) is 0 Å². The van der Waals surface area contributed by atoms with Gasteiger partial charge in [-0.3, -0.25) is 4.79 Å². The first-order chi connectivity index (χ1) is 10.1. The number of carbonyl (C=O) groups is 1. The summed E-state index contributed by atoms with van der Waals surface area (Å²) < 4.78 is 19.2. The van der Waals surface area contributed by atoms with Gasteiger partial charge in [0, 0.05) is 17.7 Å². The van der Waals surface area contributed by atoms with E-state index in [0.717, 1.165) is 11.3 Å². The van der Waals surface area contributed by atoms with Crippen LogP contribution in [-0.2, 0) is 6.54 Å². The molecule has 0 saturated carbocycles. The average molecular weight is 350 g/mol. The highest BCUT2D eigenvalue weighted by atomic mass is 79.9. The first-order valence-corrected chi connectivity index (χ1v) is 7.39. The normalized spacial score (nSPS) is 14.1. The number of benzene rings is 2. The van der Waals surface area contributed by atoms with Crippen molar-refractivity contribution in [2.24, 2.45) is 0 Å². The summed E-state index contributed by atoms with van der Waals surface area (Å²) >= 11 is 3.11. The van der Waals surface area contributed by atoms with Gasteiger partial charge in [0.05, 0.1) is 11.0 Å². The number of carbonyl (C=O) groups excluding carboxylic acids is 1. The molecule has 1 aliphatic rings. The predicted molar refractivity (Wildman–Crippen MR) is 80.8 cm³/mol. The van der Waals surface area contributed by atoms with Crippen LogP contribution >= 0.6 is 15.9 Å². The third-order valence-corrected chi connectivity index (χ3v) is 4.01. The molecule has 2 aromatic carbocycles. The van der Waals surface area contributed by atoms with Gasteiger partial charge in [0.2, 0.25) is 0 Å². The first-order valence-electron chi connectivity index (χ1n) is 6.60. The highest BCUT2D eigenvalue weighted by Crippen LogP contribution is 2.24. The van der Waals surface area contributed by atoms with Crippen molar-refractivity contribution in [2.75, 3.05) is 13.2 Å². The number of para-hydroxylation sites is 1. The third-order valence-electron chi connectivity index (χ3n) is 3.41. The van der Waals surface area contributed by atoms with Crippen LogP contribution in [-0.4, -0.2) is 24.0 Å². The summed E-state index contributed by atoms with van der Waals surface area (Å²) in [6.45, 7) is 1.44. The number of rotatable bonds is 1. The maximum Gasteiger partial charge on any atom is 0.254 e. The number of ether oxygens (including phenoxy) is 1. The predicted octanol–water partition coefficient (Wildman–Crippen LogP) is 3.62. The molecule has 0 N–H and O–H groups in total. The Labute approximate surface area is 130 Å². The van der Waals surface area contributed by atoms with Gasteiger partial charge in [-0.1, -0.05) is 18.2 Å². The summed E-state index contributed by atoms with van der Waals surface area (Å²) in [5.41, 5.74) is 1.44. The number of hydrogen-bond acceptors (Lipinski definition) is 2. The van der Waals surface area contributed by atoms with Crippen LogP contribution in [0.3, 0.4) is 0 Å². The molecule has 0 atom stereocenters. The third kappa shape index (κ3) is 2.93. The molecule has 21 heavy (non-hydrogen) atoms. The second kappa shape index (κ2) is 5.85. The number of hydrogen-bond donors (Lipinski definition) is 0. The first kappa shape index (κ1) is 14.1. The maximum atomic E-state index is 13.3. The van der Waals surface area contributed by atoms with E-state index >= 15 is 0 Å². The summed E-state index contributed by atoms with van der Waals surface area (Å²) in [6.07, 6.45) is 0. The van der Waals surface area contributed by atoms with Crippen molar-refractivity contribution < 1.29 is 13.9 Å². The lowest BCUT2D eigenvalue weighted by Gasteiger charge is -2.20. The molecular formula is C16H13BrFNO2. The summed E-state index contributed by atoms with van der Waals surface area (Å²) in [4.78, 5) is 14.3. The van der Waals surface area contributed by atoms with Gasteiger partial charge in [-0.25, -0.2) is 4.39 Å². The topological polar surface area (TPSA) is 29.5 Å². The molecule has 1 amide bonds. The van der Waals surface area contributed by atoms with Crippen LogP contribution in [0.4, 0.5) is 4.39 Å². The van der Waals surface area contributed by atoms with E-state index in [0.29, 0.717) is 29.7 Å². The molecule has 0 bridgehead atoms. The van der Waals surface area contributed by atoms with Gasteiger partial charge in [0.15, 0.2) is 0 Å². The molecule has 0 saturated heterocycles. The number of halogens is 2. The molecule has 108 valence electrons. The molecule has 0 aliphatic carbocycles. The van der Waals surface area contributed by atoms with Gasteiger partial charge in [-0.15, -0.1) is 0 Å². The van der Waals surface area contributed by atoms with Gasteiger partial charge >= 0.3 is 0 Å². The van der Waals surface area contributed by atoms with Crippen LogP contribution in [0.15, 0.2) is 46.9 Å². The number of fused-ring (bicyclic) bond motifs is 1. The van der Waals surface area contributed by atoms with Crippen molar-refractivity contribution in [3.05, 3.63) is 63.9 Å². The Morgan fingerprint density at radius 2 is 2.05 bits per heavy atom. The molecule has 2 aromatic rings. The highest BCUT2D eigenvalue weighted by molar-refractivity contribution is 9.10. The quantitative estimate of drug-likeness (QED) is 0.786. The van der Waals surface area contributed by atoms with Gasteiger partial charge < -0.3 is 9.64 Å². The molecule has 1 aliphatic heterocycles. The highest BCUT2D eigenvalue weighted by Gasteiger charge is 2.21. The summed E-state index contributed by atoms with van der Waals surface area (Å²) in [7, 11) is 0. The minimum absolute atomic E-state index is 0.129. The number of amides is 1. The van der Waals surface area contributed by atoms with Gasteiger partial charge in [0.1, 0.15) is 18.2 Å². The average Bonchev–Trinajstić information content (AvgIpc) is 2.71. The summed E-state index contributed by atoms with van der Waals surface area (Å²) in [5, 5.41) is 0. The largest absolute Gasteiger partial charge is 0.491 e. The van der Waals surface area contributed by atoms with Gasteiger partial charge in [0.25, 0.3) is 5.91 Å². The van der Waals surface area contributed by atoms with E-state index in [9.17, 15) is 9.18 Å². The Kier molecular flexibility index (Phi) is 3.92. The van der Waals surface area contributed by atoms with Gasteiger partial charge in [-0.2, -0.15) is 0 Å². The minimum atomic E-state index is -0.379. The Bertz CT molecular complexity index is 690. The minimum Gasteiger partial charge on any atom is -0.491 e. The second-order valence-electron chi connectivity index (χ2n) is 4.81. The molecule has 0 spiro atoms. The van der Waals surface area contributed by atoms with Crippen LogP contribution in [0.2, 0.25) is 0 Å². The molecule has 0 aromatic heterocycles. The molecule has 3 rings (SSSR count). The van der Waals surface area contributed by atoms with E-state index in [4.69, 9.17) is 4.74 Å². The van der Waals surface area contributed by atoms with Crippen molar-refractivity contribution in [2.45, 2.75) is 6.54 Å². The molecular weight excluding hydrogens is 337 g/mol. The van der Waals surface area contributed by atoms with Crippen molar-refractivity contribution in [1.82, 2.24) is 4.90 Å². The van der Waals surface area contributed by atoms with Crippen LogP contribution in [0.5, 0.6) is 5.75 Å². The molecule has 5 heteroatoms. The van der Waals surface area contributed by atoms with E-state index in [2.05, 4.69) is 15.9 Å². The zero-order chi connectivity index (χ0) is 14.8. The van der Waals surface area contributed by atoms with Crippen molar-refractivity contribution in [3.63, 3.8) is 0 Å². The SMILES string of the molecule is O=C(c1ccc(F)c(Br)c1)N1CCOc2ccccc2C1. The smallest absolute Gasteiger partial charge is 0.254 e. The zero-order valence-electron chi connectivity index (χ0n) is 11.2. The van der Waals surface area contributed by atoms with E-state index in [-0.39, 0.29) is 11.7 Å². The van der Waals surface area contributed by atoms with E-state index in [1.54, 1.807) is 4.90 Å². The molecule has 1 heterocycles. The number of nitrogens with zero attached hydrogens (tertiary/aromatic N) is 1. The fourth-order valence-corrected chi connectivity index (χ4v) is 2.69. The standard InChI is InChI=1S/C16H13BrFNO2/c17-13-9-11(5-6-14(13)18)16(20)19-7-8-21-15-4-2-1-3-12(15)10-19/h1-6,9H,7-8,10H2.